The van der Waals surface area contributed by atoms with Gasteiger partial charge in [0.05, 0.1) is 5.52 Å². The summed E-state index contributed by atoms with van der Waals surface area (Å²) >= 11 is 3.99. The molecule has 1 aromatic carbocycles. The van der Waals surface area contributed by atoms with Crippen LogP contribution in [0, 0.1) is 17.4 Å². The van der Waals surface area contributed by atoms with Gasteiger partial charge in [0, 0.05) is 34.2 Å². The summed E-state index contributed by atoms with van der Waals surface area (Å²) in [4.78, 5) is 21.2. The van der Waals surface area contributed by atoms with Crippen LogP contribution >= 0.6 is 34.4 Å². The molecule has 3 rings (SSSR count). The Bertz CT molecular complexity index is 1060. The number of carbonyl (C=O) groups excluding carboxylic acids is 1. The molecule has 1 amide bonds. The van der Waals surface area contributed by atoms with E-state index in [2.05, 4.69) is 63.4 Å². The monoisotopic (exact) mass is 540 g/mol. The normalized spacial score (nSPS) is 11.2. The molecule has 0 aliphatic heterocycles. The lowest BCUT2D eigenvalue weighted by Gasteiger charge is -2.12. The quantitative estimate of drug-likeness (QED) is 0.142. The number of benzene rings is 1. The van der Waals surface area contributed by atoms with Crippen LogP contribution < -0.4 is 16.5 Å². The first kappa shape index (κ1) is 22.8. The average Bonchev–Trinajstić information content (AvgIpc) is 3.07. The van der Waals surface area contributed by atoms with Gasteiger partial charge >= 0.3 is 0 Å². The number of carbonyl (C=O) groups is 1. The van der Waals surface area contributed by atoms with Crippen molar-refractivity contribution in [2.75, 3.05) is 18.8 Å². The first-order valence-corrected chi connectivity index (χ1v) is 11.5. The number of aryl methyl sites for hydroxylation is 2. The molecule has 0 fully saturated rings. The number of nitrogens with one attached hydrogen (secondary N) is 2. The molecule has 0 bridgehead atoms. The van der Waals surface area contributed by atoms with Crippen LogP contribution in [0.5, 0.6) is 0 Å². The number of hydroxylamine groups is 1. The first-order chi connectivity index (χ1) is 14.4. The van der Waals surface area contributed by atoms with Gasteiger partial charge in [0.1, 0.15) is 5.52 Å². The van der Waals surface area contributed by atoms with E-state index in [0.29, 0.717) is 37.4 Å². The zero-order valence-electron chi connectivity index (χ0n) is 16.9. The van der Waals surface area contributed by atoms with Gasteiger partial charge in [0.15, 0.2) is 11.0 Å². The number of rotatable bonds is 9. The first-order valence-electron chi connectivity index (χ1n) is 9.59. The highest BCUT2D eigenvalue weighted by atomic mass is 127. The van der Waals surface area contributed by atoms with Gasteiger partial charge in [-0.05, 0) is 78.7 Å². The maximum Gasteiger partial charge on any atom is 0.243 e. The fourth-order valence-electron chi connectivity index (χ4n) is 3.02. The molecule has 0 unspecified atom stereocenters. The van der Waals surface area contributed by atoms with E-state index in [1.807, 2.05) is 6.07 Å². The highest BCUT2D eigenvalue weighted by Gasteiger charge is 2.16. The van der Waals surface area contributed by atoms with Crippen LogP contribution in [0.4, 0.5) is 5.82 Å². The third-order valence-corrected chi connectivity index (χ3v) is 7.11. The lowest BCUT2D eigenvalue weighted by molar-refractivity contribution is -0.129. The number of nitrogen functional groups attached to an aromatic ring is 1. The molecule has 0 spiro atoms. The molecule has 0 saturated carbocycles. The van der Waals surface area contributed by atoms with Gasteiger partial charge in [0.25, 0.3) is 0 Å². The molecule has 160 valence electrons. The zero-order valence-corrected chi connectivity index (χ0v) is 19.9. The summed E-state index contributed by atoms with van der Waals surface area (Å²) in [7, 11) is 0. The number of imidazole rings is 1. The van der Waals surface area contributed by atoms with Crippen molar-refractivity contribution in [2.24, 2.45) is 0 Å². The Hall–Kier alpha value is -1.89. The molecule has 0 atom stereocenters. The molecule has 2 aromatic heterocycles. The van der Waals surface area contributed by atoms with Crippen molar-refractivity contribution >= 4 is 57.1 Å². The van der Waals surface area contributed by atoms with Crippen molar-refractivity contribution < 1.29 is 10.0 Å². The summed E-state index contributed by atoms with van der Waals surface area (Å²) in [5.74, 6) is 0.0490. The molecule has 30 heavy (non-hydrogen) atoms. The number of amides is 1. The van der Waals surface area contributed by atoms with Gasteiger partial charge < -0.3 is 15.6 Å². The fraction of sp³-hybridized carbons (Fsp3) is 0.350. The molecule has 5 N–H and O–H groups in total. The Morgan fingerprint density at radius 1 is 1.30 bits per heavy atom. The predicted octanol–water partition coefficient (Wildman–Crippen LogP) is 3.26. The summed E-state index contributed by atoms with van der Waals surface area (Å²) in [6.07, 6.45) is 2.63. The Morgan fingerprint density at radius 2 is 2.07 bits per heavy atom. The number of anilines is 1. The van der Waals surface area contributed by atoms with Gasteiger partial charge in [-0.25, -0.2) is 15.4 Å². The number of fused-ring (bicyclic) bond motifs is 1. The lowest BCUT2D eigenvalue weighted by atomic mass is 10.1. The van der Waals surface area contributed by atoms with Gasteiger partial charge in [-0.1, -0.05) is 11.8 Å². The molecule has 0 aliphatic rings. The van der Waals surface area contributed by atoms with Crippen molar-refractivity contribution in [1.82, 2.24) is 25.3 Å². The van der Waals surface area contributed by atoms with Crippen LogP contribution in [0.15, 0.2) is 34.4 Å². The van der Waals surface area contributed by atoms with Crippen LogP contribution in [0.1, 0.15) is 24.0 Å². The minimum atomic E-state index is -0.373. The second-order valence-corrected chi connectivity index (χ2v) is 9.14. The van der Waals surface area contributed by atoms with Gasteiger partial charge in [0.2, 0.25) is 5.91 Å². The highest BCUT2D eigenvalue weighted by molar-refractivity contribution is 14.1. The largest absolute Gasteiger partial charge is 0.382 e. The molecule has 8 nitrogen and oxygen atoms in total. The standard InChI is InChI=1S/C20H25IN6O2S/c1-12-10-14(21)16(11-13(12)2)30-20-25-18-15(5-7-24-19(18)22)27(20)9-8-23-6-3-4-17(28)26-29/h5,7,10-11,23,29H,3-4,6,8-9H2,1-2H3,(H2,22,24)(H,26,28). The van der Waals surface area contributed by atoms with E-state index in [4.69, 9.17) is 15.9 Å². The molecular formula is C20H25IN6O2S. The second-order valence-electron chi connectivity index (χ2n) is 6.97. The summed E-state index contributed by atoms with van der Waals surface area (Å²) in [6, 6.07) is 6.31. The minimum Gasteiger partial charge on any atom is -0.382 e. The number of hydrogen-bond donors (Lipinski definition) is 4. The van der Waals surface area contributed by atoms with E-state index in [0.717, 1.165) is 15.6 Å². The Morgan fingerprint density at radius 3 is 2.83 bits per heavy atom. The Balaban J connectivity index is 1.78. The SMILES string of the molecule is Cc1cc(I)c(Sc2nc3c(N)nccc3n2CCNCCCC(=O)NO)cc1C. The van der Waals surface area contributed by atoms with Gasteiger partial charge in [-0.15, -0.1) is 0 Å². The van der Waals surface area contributed by atoms with Crippen molar-refractivity contribution in [3.05, 3.63) is 39.1 Å². The highest BCUT2D eigenvalue weighted by Crippen LogP contribution is 2.35. The van der Waals surface area contributed by atoms with Crippen LogP contribution in [0.2, 0.25) is 0 Å². The summed E-state index contributed by atoms with van der Waals surface area (Å²) in [5.41, 5.74) is 11.9. The maximum absolute atomic E-state index is 11.1. The molecule has 3 aromatic rings. The summed E-state index contributed by atoms with van der Waals surface area (Å²) < 4.78 is 3.34. The van der Waals surface area contributed by atoms with Gasteiger partial charge in [-0.3, -0.25) is 10.0 Å². The third kappa shape index (κ3) is 5.42. The Labute approximate surface area is 193 Å². The molecule has 0 saturated heterocycles. The number of hydrogen-bond acceptors (Lipinski definition) is 7. The Kier molecular flexibility index (Phi) is 7.92. The van der Waals surface area contributed by atoms with Crippen molar-refractivity contribution in [1.29, 1.82) is 0 Å². The van der Waals surface area contributed by atoms with Crippen molar-refractivity contribution in [2.45, 2.75) is 43.3 Å². The van der Waals surface area contributed by atoms with Crippen LogP contribution in [0.25, 0.3) is 11.0 Å². The molecule has 2 heterocycles. The van der Waals surface area contributed by atoms with E-state index < -0.39 is 0 Å². The van der Waals surface area contributed by atoms with Crippen LogP contribution in [-0.4, -0.2) is 38.7 Å². The van der Waals surface area contributed by atoms with Crippen molar-refractivity contribution in [3.63, 3.8) is 0 Å². The van der Waals surface area contributed by atoms with Crippen LogP contribution in [0.3, 0.4) is 0 Å². The van der Waals surface area contributed by atoms with E-state index in [1.54, 1.807) is 23.4 Å². The van der Waals surface area contributed by atoms with Crippen molar-refractivity contribution in [3.8, 4) is 0 Å². The minimum absolute atomic E-state index is 0.284. The smallest absolute Gasteiger partial charge is 0.243 e. The summed E-state index contributed by atoms with van der Waals surface area (Å²) in [5, 5.41) is 12.7. The average molecular weight is 540 g/mol. The molecular weight excluding hydrogens is 515 g/mol. The second kappa shape index (κ2) is 10.4. The van der Waals surface area contributed by atoms with E-state index in [-0.39, 0.29) is 12.3 Å². The zero-order chi connectivity index (χ0) is 21.7. The molecule has 0 radical (unpaired) electrons. The number of nitrogens with zero attached hydrogens (tertiary/aromatic N) is 3. The van der Waals surface area contributed by atoms with E-state index >= 15 is 0 Å². The molecule has 0 aliphatic carbocycles. The lowest BCUT2D eigenvalue weighted by Crippen LogP contribution is -2.24. The molecule has 10 heteroatoms. The fourth-order valence-corrected chi connectivity index (χ4v) is 5.00. The van der Waals surface area contributed by atoms with E-state index in [9.17, 15) is 4.79 Å². The van der Waals surface area contributed by atoms with Crippen LogP contribution in [-0.2, 0) is 11.3 Å². The number of aromatic nitrogens is 3. The topological polar surface area (TPSA) is 118 Å². The maximum atomic E-state index is 11.1. The van der Waals surface area contributed by atoms with Gasteiger partial charge in [-0.2, -0.15) is 0 Å². The number of pyridine rings is 1. The number of halogens is 1. The predicted molar refractivity (Wildman–Crippen MR) is 127 cm³/mol. The third-order valence-electron chi connectivity index (χ3n) is 4.80. The summed E-state index contributed by atoms with van der Waals surface area (Å²) in [6.45, 7) is 6.33. The number of nitrogens with two attached hydrogens (primary N) is 1. The van der Waals surface area contributed by atoms with E-state index in [1.165, 1.54) is 14.7 Å².